The highest BCUT2D eigenvalue weighted by atomic mass is 19.1. The van der Waals surface area contributed by atoms with E-state index in [0.717, 1.165) is 0 Å². The normalized spacial score (nSPS) is 16.4. The third-order valence-electron chi connectivity index (χ3n) is 0.657. The second-order valence-corrected chi connectivity index (χ2v) is 1.16. The molecule has 1 aliphatic rings. The molecule has 0 bridgehead atoms. The highest BCUT2D eigenvalue weighted by molar-refractivity contribution is 5.96. The van der Waals surface area contributed by atoms with Crippen LogP contribution < -0.4 is 5.43 Å². The molecule has 0 saturated heterocycles. The topological polar surface area (TPSA) is 26.5 Å². The molecule has 1 radical (unpaired) electrons. The molecule has 1 heterocycles. The zero-order valence-corrected chi connectivity index (χ0v) is 3.63. The van der Waals surface area contributed by atoms with E-state index in [1.54, 1.807) is 6.08 Å². The quantitative estimate of drug-likeness (QED) is 0.456. The zero-order chi connectivity index (χ0) is 5.11. The van der Waals surface area contributed by atoms with Gasteiger partial charge in [0.15, 0.2) is 0 Å². The number of nitrogens with zero attached hydrogens (tertiary/aromatic N) is 2. The van der Waals surface area contributed by atoms with Crippen LogP contribution in [0.5, 0.6) is 0 Å². The third kappa shape index (κ3) is 0.765. The maximum atomic E-state index is 11.5. The summed E-state index contributed by atoms with van der Waals surface area (Å²) in [7, 11) is 0. The van der Waals surface area contributed by atoms with Crippen molar-refractivity contribution in [2.24, 2.45) is 5.10 Å². The molecule has 0 aromatic rings. The van der Waals surface area contributed by atoms with Crippen molar-refractivity contribution in [1.29, 1.82) is 0 Å². The number of rotatable bonds is 1. The molecule has 37 valence electrons. The Morgan fingerprint density at radius 3 is 2.86 bits per heavy atom. The SMILES string of the molecule is FCC1=N[N]C=C1. The summed E-state index contributed by atoms with van der Waals surface area (Å²) in [6.45, 7) is -0.514. The average molecular weight is 99.1 g/mol. The molecule has 0 saturated carbocycles. The van der Waals surface area contributed by atoms with Gasteiger partial charge < -0.3 is 0 Å². The summed E-state index contributed by atoms with van der Waals surface area (Å²) in [5, 5.41) is 3.41. The molecular formula is C4H4FN2. The highest BCUT2D eigenvalue weighted by Crippen LogP contribution is 1.89. The molecular weight excluding hydrogens is 95.1 g/mol. The fourth-order valence-corrected chi connectivity index (χ4v) is 0.331. The van der Waals surface area contributed by atoms with Crippen LogP contribution in [-0.2, 0) is 0 Å². The van der Waals surface area contributed by atoms with Crippen LogP contribution in [0.25, 0.3) is 0 Å². The molecule has 2 nitrogen and oxygen atoms in total. The van der Waals surface area contributed by atoms with Crippen LogP contribution in [0, 0.1) is 0 Å². The van der Waals surface area contributed by atoms with Crippen LogP contribution >= 0.6 is 0 Å². The fraction of sp³-hybridized carbons (Fsp3) is 0.250. The van der Waals surface area contributed by atoms with Crippen molar-refractivity contribution in [3.63, 3.8) is 0 Å². The molecule has 0 atom stereocenters. The maximum Gasteiger partial charge on any atom is 0.133 e. The Hall–Kier alpha value is -0.860. The summed E-state index contributed by atoms with van der Waals surface area (Å²) in [5.41, 5.74) is 3.81. The zero-order valence-electron chi connectivity index (χ0n) is 3.63. The van der Waals surface area contributed by atoms with E-state index in [1.807, 2.05) is 0 Å². The minimum Gasteiger partial charge on any atom is -0.244 e. The average Bonchev–Trinajstić information content (AvgIpc) is 2.14. The highest BCUT2D eigenvalue weighted by Gasteiger charge is 1.96. The van der Waals surface area contributed by atoms with Gasteiger partial charge in [-0.25, -0.2) is 4.39 Å². The van der Waals surface area contributed by atoms with E-state index in [1.165, 1.54) is 6.20 Å². The van der Waals surface area contributed by atoms with Crippen molar-refractivity contribution < 1.29 is 4.39 Å². The molecule has 0 amide bonds. The monoisotopic (exact) mass is 99.0 g/mol. The summed E-state index contributed by atoms with van der Waals surface area (Å²) in [6.07, 6.45) is 3.01. The molecule has 1 aliphatic heterocycles. The predicted octanol–water partition coefficient (Wildman–Crippen LogP) is 0.444. The van der Waals surface area contributed by atoms with E-state index in [2.05, 4.69) is 10.5 Å². The number of hydrogen-bond donors (Lipinski definition) is 0. The van der Waals surface area contributed by atoms with Crippen LogP contribution in [0.15, 0.2) is 17.4 Å². The van der Waals surface area contributed by atoms with Gasteiger partial charge in [0.05, 0.1) is 11.9 Å². The number of alkyl halides is 1. The first kappa shape index (κ1) is 4.30. The van der Waals surface area contributed by atoms with E-state index in [-0.39, 0.29) is 0 Å². The van der Waals surface area contributed by atoms with Crippen molar-refractivity contribution in [2.75, 3.05) is 6.67 Å². The lowest BCUT2D eigenvalue weighted by Gasteiger charge is -1.77. The molecule has 0 aromatic carbocycles. The summed E-state index contributed by atoms with van der Waals surface area (Å²) >= 11 is 0. The Labute approximate surface area is 40.7 Å². The van der Waals surface area contributed by atoms with Crippen LogP contribution in [0.2, 0.25) is 0 Å². The largest absolute Gasteiger partial charge is 0.244 e. The number of allylic oxidation sites excluding steroid dienone is 1. The standard InChI is InChI=1S/C4H4FN2/c5-3-4-1-2-6-7-4/h1-2H,3H2. The van der Waals surface area contributed by atoms with E-state index in [0.29, 0.717) is 5.71 Å². The van der Waals surface area contributed by atoms with Crippen molar-refractivity contribution in [2.45, 2.75) is 0 Å². The lowest BCUT2D eigenvalue weighted by molar-refractivity contribution is 0.581. The molecule has 1 rings (SSSR count). The number of hydrogen-bond acceptors (Lipinski definition) is 1. The molecule has 0 aliphatic carbocycles. The first-order chi connectivity index (χ1) is 3.43. The van der Waals surface area contributed by atoms with Crippen LogP contribution in [0.3, 0.4) is 0 Å². The smallest absolute Gasteiger partial charge is 0.133 e. The van der Waals surface area contributed by atoms with Crippen LogP contribution in [-0.4, -0.2) is 12.4 Å². The van der Waals surface area contributed by atoms with Gasteiger partial charge in [-0.2, -0.15) is 10.5 Å². The summed E-state index contributed by atoms with van der Waals surface area (Å²) in [6, 6.07) is 0. The van der Waals surface area contributed by atoms with Crippen molar-refractivity contribution >= 4 is 5.71 Å². The fourth-order valence-electron chi connectivity index (χ4n) is 0.331. The van der Waals surface area contributed by atoms with Gasteiger partial charge in [-0.1, -0.05) is 0 Å². The molecule has 0 aromatic heterocycles. The van der Waals surface area contributed by atoms with E-state index >= 15 is 0 Å². The van der Waals surface area contributed by atoms with Gasteiger partial charge >= 0.3 is 0 Å². The van der Waals surface area contributed by atoms with Crippen molar-refractivity contribution in [1.82, 2.24) is 5.43 Å². The van der Waals surface area contributed by atoms with Gasteiger partial charge in [0.1, 0.15) is 6.67 Å². The van der Waals surface area contributed by atoms with Gasteiger partial charge in [0, 0.05) is 0 Å². The second kappa shape index (κ2) is 1.73. The summed E-state index contributed by atoms with van der Waals surface area (Å²) in [4.78, 5) is 0. The van der Waals surface area contributed by atoms with Gasteiger partial charge in [-0.15, -0.1) is 0 Å². The Morgan fingerprint density at radius 2 is 2.57 bits per heavy atom. The minimum absolute atomic E-state index is 0.403. The van der Waals surface area contributed by atoms with Crippen LogP contribution in [0.1, 0.15) is 0 Å². The van der Waals surface area contributed by atoms with E-state index in [4.69, 9.17) is 0 Å². The second-order valence-electron chi connectivity index (χ2n) is 1.16. The first-order valence-corrected chi connectivity index (χ1v) is 1.92. The van der Waals surface area contributed by atoms with Crippen LogP contribution in [0.4, 0.5) is 4.39 Å². The van der Waals surface area contributed by atoms with Crippen molar-refractivity contribution in [3.05, 3.63) is 12.3 Å². The Bertz CT molecular complexity index is 117. The molecule has 0 fully saturated rings. The molecule has 0 spiro atoms. The van der Waals surface area contributed by atoms with E-state index in [9.17, 15) is 4.39 Å². The van der Waals surface area contributed by atoms with Gasteiger partial charge in [-0.3, -0.25) is 0 Å². The predicted molar refractivity (Wildman–Crippen MR) is 24.7 cm³/mol. The third-order valence-corrected chi connectivity index (χ3v) is 0.657. The minimum atomic E-state index is -0.514. The van der Waals surface area contributed by atoms with Gasteiger partial charge in [-0.05, 0) is 6.08 Å². The van der Waals surface area contributed by atoms with Crippen molar-refractivity contribution in [3.8, 4) is 0 Å². The van der Waals surface area contributed by atoms with Gasteiger partial charge in [0.25, 0.3) is 0 Å². The molecule has 0 unspecified atom stereocenters. The summed E-state index contributed by atoms with van der Waals surface area (Å²) < 4.78 is 11.5. The lowest BCUT2D eigenvalue weighted by atomic mass is 10.4. The first-order valence-electron chi connectivity index (χ1n) is 1.92. The Morgan fingerprint density at radius 1 is 1.71 bits per heavy atom. The lowest BCUT2D eigenvalue weighted by Crippen LogP contribution is -1.91. The van der Waals surface area contributed by atoms with Gasteiger partial charge in [0.2, 0.25) is 0 Å². The Kier molecular flexibility index (Phi) is 1.06. The molecule has 0 N–H and O–H groups in total. The Balaban J connectivity index is 2.52. The number of halogens is 1. The summed E-state index contributed by atoms with van der Waals surface area (Å²) in [5.74, 6) is 0. The molecule has 7 heavy (non-hydrogen) atoms. The maximum absolute atomic E-state index is 11.5. The molecule has 3 heteroatoms. The van der Waals surface area contributed by atoms with E-state index < -0.39 is 6.67 Å².